The van der Waals surface area contributed by atoms with E-state index in [2.05, 4.69) is 14.5 Å². The van der Waals surface area contributed by atoms with Gasteiger partial charge in [0.1, 0.15) is 0 Å². The predicted octanol–water partition coefficient (Wildman–Crippen LogP) is -0.479. The van der Waals surface area contributed by atoms with Gasteiger partial charge in [-0.25, -0.2) is 0 Å². The summed E-state index contributed by atoms with van der Waals surface area (Å²) in [7, 11) is 0. The van der Waals surface area contributed by atoms with Gasteiger partial charge in [0, 0.05) is 7.77 Å². The molecule has 1 aromatic carbocycles. The van der Waals surface area contributed by atoms with Crippen LogP contribution in [0.5, 0.6) is 0 Å². The highest BCUT2D eigenvalue weighted by molar-refractivity contribution is 5.85. The van der Waals surface area contributed by atoms with E-state index in [0.717, 1.165) is 0 Å². The summed E-state index contributed by atoms with van der Waals surface area (Å²) in [5.41, 5.74) is 0.0649. The summed E-state index contributed by atoms with van der Waals surface area (Å²) < 4.78 is 7.89. The van der Waals surface area contributed by atoms with Gasteiger partial charge in [-0.2, -0.15) is 0 Å². The minimum atomic E-state index is -2.47. The number of rotatable bonds is 12. The first kappa shape index (κ1) is 18.8. The quantitative estimate of drug-likeness (QED) is 0.365. The van der Waals surface area contributed by atoms with E-state index in [-0.39, 0.29) is 5.56 Å². The van der Waals surface area contributed by atoms with Crippen LogP contribution in [0, 0.1) is 30.3 Å². The third kappa shape index (κ3) is 6.52. The normalized spacial score (nSPS) is 15.5. The fraction of sp³-hybridized carbons (Fsp3) is 0.417. The third-order valence-corrected chi connectivity index (χ3v) is 2.86. The maximum atomic E-state index is 12.5. The van der Waals surface area contributed by atoms with E-state index >= 15 is 0 Å². The second-order valence-electron chi connectivity index (χ2n) is 4.55. The zero-order valence-electron chi connectivity index (χ0n) is 13.8. The largest absolute Gasteiger partial charge is 0.394 e. The Morgan fingerprint density at radius 3 is 2.04 bits per heavy atom. The van der Waals surface area contributed by atoms with Crippen molar-refractivity contribution in [3.8, 4) is 0 Å². The molecule has 0 aliphatic rings. The van der Waals surface area contributed by atoms with Crippen LogP contribution in [0.2, 0.25) is 0 Å². The van der Waals surface area contributed by atoms with Gasteiger partial charge in [0.2, 0.25) is 0 Å². The molecule has 1 unspecified atom stereocenters. The van der Waals surface area contributed by atoms with Crippen molar-refractivity contribution in [2.24, 2.45) is 0 Å². The van der Waals surface area contributed by atoms with Crippen molar-refractivity contribution in [3.63, 3.8) is 0 Å². The molecule has 26 heavy (non-hydrogen) atoms. The number of carbonyl (C=O) groups excluding carboxylic acids is 1. The molecule has 1 N–H and O–H groups in total. The molecule has 0 spiro atoms. The minimum absolute atomic E-state index is 0.0649. The van der Waals surface area contributed by atoms with E-state index in [4.69, 9.17) is 6.48 Å². The standard InChI is InChI=1S/C12H13N3O11/c16-7-10(24-13(18)19)12(26-15(22)23)11(25-14(20)21)9(17)6-8-4-2-1-3-5-8/h1-5,10-12,16H,6-7H2/t10-,11-,12-/m1/s1/i6D/t6?,10-,11-,12-. The van der Waals surface area contributed by atoms with Crippen molar-refractivity contribution in [3.05, 3.63) is 66.2 Å². The number of nitrogens with zero attached hydrogens (tertiary/aromatic N) is 3. The molecule has 0 saturated heterocycles. The van der Waals surface area contributed by atoms with Gasteiger partial charge in [0.05, 0.1) is 6.61 Å². The maximum absolute atomic E-state index is 12.5. The lowest BCUT2D eigenvalue weighted by Gasteiger charge is -2.27. The molecule has 0 aliphatic heterocycles. The highest BCUT2D eigenvalue weighted by Gasteiger charge is 2.42. The molecule has 14 heteroatoms. The van der Waals surface area contributed by atoms with Crippen molar-refractivity contribution in [2.45, 2.75) is 24.7 Å². The Labute approximate surface area is 145 Å². The van der Waals surface area contributed by atoms with Crippen LogP contribution in [0.3, 0.4) is 0 Å². The molecule has 142 valence electrons. The number of benzene rings is 1. The second-order valence-corrected chi connectivity index (χ2v) is 4.55. The molecule has 0 aliphatic carbocycles. The SMILES string of the molecule is [2H]C(C(=O)[C@@H](O[N+](=O)[O-])[C@H](O[N+](=O)[O-])[C@@H](CO)O[N+](=O)[O-])c1ccccc1. The van der Waals surface area contributed by atoms with Crippen LogP contribution in [0.25, 0.3) is 0 Å². The fourth-order valence-electron chi connectivity index (χ4n) is 1.89. The first-order valence-corrected chi connectivity index (χ1v) is 6.72. The highest BCUT2D eigenvalue weighted by atomic mass is 17.0. The number of hydrogen-bond donors (Lipinski definition) is 1. The molecule has 0 saturated carbocycles. The van der Waals surface area contributed by atoms with Crippen LogP contribution in [0.1, 0.15) is 6.93 Å². The number of Topliss-reactive ketones (excluding diaryl/α,β-unsaturated/α-hetero) is 1. The lowest BCUT2D eigenvalue weighted by atomic mass is 9.99. The molecule has 0 radical (unpaired) electrons. The maximum Gasteiger partial charge on any atom is 0.295 e. The number of carbonyl (C=O) groups is 1. The summed E-state index contributed by atoms with van der Waals surface area (Å²) in [6.45, 7) is -1.28. The Kier molecular flexibility index (Phi) is 6.99. The topological polar surface area (TPSA) is 194 Å². The van der Waals surface area contributed by atoms with Crippen molar-refractivity contribution in [1.82, 2.24) is 0 Å². The number of aliphatic hydroxyl groups is 1. The molecule has 4 atom stereocenters. The Morgan fingerprint density at radius 2 is 1.58 bits per heavy atom. The van der Waals surface area contributed by atoms with Gasteiger partial charge in [0.25, 0.3) is 15.3 Å². The first-order valence-electron chi connectivity index (χ1n) is 7.30. The average Bonchev–Trinajstić information content (AvgIpc) is 2.61. The van der Waals surface area contributed by atoms with Gasteiger partial charge in [0.15, 0.2) is 24.1 Å². The minimum Gasteiger partial charge on any atom is -0.394 e. The Hall–Kier alpha value is -3.55. The van der Waals surface area contributed by atoms with Gasteiger partial charge in [-0.1, -0.05) is 30.3 Å². The smallest absolute Gasteiger partial charge is 0.295 e. The Balaban J connectivity index is 3.27. The van der Waals surface area contributed by atoms with Crippen LogP contribution >= 0.6 is 0 Å². The Morgan fingerprint density at radius 1 is 1.04 bits per heavy atom. The average molecular weight is 376 g/mol. The number of aliphatic hydroxyl groups excluding tert-OH is 1. The zero-order valence-corrected chi connectivity index (χ0v) is 12.8. The third-order valence-electron chi connectivity index (χ3n) is 2.86. The van der Waals surface area contributed by atoms with Crippen LogP contribution < -0.4 is 0 Å². The predicted molar refractivity (Wildman–Crippen MR) is 77.8 cm³/mol. The lowest BCUT2D eigenvalue weighted by Crippen LogP contribution is -2.51. The molecular weight excluding hydrogens is 362 g/mol. The summed E-state index contributed by atoms with van der Waals surface area (Å²) >= 11 is 0. The molecule has 1 aromatic rings. The summed E-state index contributed by atoms with van der Waals surface area (Å²) in [6.07, 6.45) is -8.85. The lowest BCUT2D eigenvalue weighted by molar-refractivity contribution is -0.814. The Bertz CT molecular complexity index is 688. The molecule has 1 rings (SSSR count). The second kappa shape index (κ2) is 9.67. The summed E-state index contributed by atoms with van der Waals surface area (Å²) in [4.78, 5) is 56.5. The van der Waals surface area contributed by atoms with E-state index in [1.165, 1.54) is 24.3 Å². The fourth-order valence-corrected chi connectivity index (χ4v) is 1.89. The van der Waals surface area contributed by atoms with Crippen molar-refractivity contribution in [1.29, 1.82) is 0 Å². The van der Waals surface area contributed by atoms with Gasteiger partial charge in [-0.15, -0.1) is 30.3 Å². The molecule has 0 aromatic heterocycles. The van der Waals surface area contributed by atoms with Gasteiger partial charge < -0.3 is 19.6 Å². The van der Waals surface area contributed by atoms with E-state index in [1.807, 2.05) is 0 Å². The van der Waals surface area contributed by atoms with E-state index in [9.17, 15) is 35.1 Å². The molecule has 0 fully saturated rings. The van der Waals surface area contributed by atoms with E-state index < -0.39 is 52.4 Å². The van der Waals surface area contributed by atoms with Crippen LogP contribution in [0.4, 0.5) is 0 Å². The summed E-state index contributed by atoms with van der Waals surface area (Å²) in [5.74, 6) is -1.38. The molecular formula is C12H13N3O11. The van der Waals surface area contributed by atoms with Crippen molar-refractivity contribution >= 4 is 5.78 Å². The molecule has 0 heterocycles. The molecule has 14 nitrogen and oxygen atoms in total. The van der Waals surface area contributed by atoms with E-state index in [0.29, 0.717) is 0 Å². The van der Waals surface area contributed by atoms with Gasteiger partial charge in [-0.05, 0) is 5.56 Å². The summed E-state index contributed by atoms with van der Waals surface area (Å²) in [5, 5.41) is 36.6. The zero-order chi connectivity index (χ0) is 20.6. The summed E-state index contributed by atoms with van der Waals surface area (Å²) in [6, 6.07) is 7.16. The van der Waals surface area contributed by atoms with Gasteiger partial charge in [-0.3, -0.25) is 4.79 Å². The highest BCUT2D eigenvalue weighted by Crippen LogP contribution is 2.16. The van der Waals surface area contributed by atoms with Crippen molar-refractivity contribution in [2.75, 3.05) is 6.61 Å². The van der Waals surface area contributed by atoms with E-state index in [1.54, 1.807) is 6.07 Å². The van der Waals surface area contributed by atoms with Crippen molar-refractivity contribution < 1.29 is 41.0 Å². The number of hydrogen-bond acceptors (Lipinski definition) is 11. The monoisotopic (exact) mass is 376 g/mol. The van der Waals surface area contributed by atoms with Crippen LogP contribution in [0.15, 0.2) is 30.3 Å². The molecule has 0 amide bonds. The first-order chi connectivity index (χ1) is 12.7. The van der Waals surface area contributed by atoms with Gasteiger partial charge >= 0.3 is 0 Å². The molecule has 0 bridgehead atoms. The van der Waals surface area contributed by atoms with Crippen LogP contribution in [-0.4, -0.2) is 51.1 Å². The van der Waals surface area contributed by atoms with Crippen LogP contribution in [-0.2, 0) is 25.7 Å². The number of ketones is 1.